The van der Waals surface area contributed by atoms with Crippen molar-refractivity contribution in [2.24, 2.45) is 11.3 Å². The van der Waals surface area contributed by atoms with Crippen LogP contribution in [0.5, 0.6) is 0 Å². The first-order chi connectivity index (χ1) is 11.3. The van der Waals surface area contributed by atoms with E-state index in [1.54, 1.807) is 0 Å². The summed E-state index contributed by atoms with van der Waals surface area (Å²) in [6.45, 7) is 1.76. The van der Waals surface area contributed by atoms with E-state index in [0.29, 0.717) is 11.7 Å². The van der Waals surface area contributed by atoms with Crippen molar-refractivity contribution in [2.45, 2.75) is 25.7 Å². The molecule has 1 saturated heterocycles. The van der Waals surface area contributed by atoms with Crippen LogP contribution in [0.1, 0.15) is 25.7 Å². The fourth-order valence-electron chi connectivity index (χ4n) is 3.93. The highest BCUT2D eigenvalue weighted by Crippen LogP contribution is 2.44. The van der Waals surface area contributed by atoms with E-state index in [0.717, 1.165) is 43.6 Å². The second-order valence-electron chi connectivity index (χ2n) is 6.50. The van der Waals surface area contributed by atoms with Crippen LogP contribution < -0.4 is 10.6 Å². The molecule has 2 aromatic rings. The molecule has 0 unspecified atom stereocenters. The number of fused-ring (bicyclic) bond motifs is 1. The van der Waals surface area contributed by atoms with Gasteiger partial charge in [-0.3, -0.25) is 4.79 Å². The number of aromatic amines is 1. The van der Waals surface area contributed by atoms with Gasteiger partial charge in [-0.1, -0.05) is 12.8 Å². The number of tetrazole rings is 1. The highest BCUT2D eigenvalue weighted by Gasteiger charge is 2.49. The van der Waals surface area contributed by atoms with Crippen LogP contribution in [-0.4, -0.2) is 39.6 Å². The Morgan fingerprint density at radius 2 is 2.13 bits per heavy atom. The zero-order valence-corrected chi connectivity index (χ0v) is 12.9. The van der Waals surface area contributed by atoms with Crippen LogP contribution in [0.3, 0.4) is 0 Å². The summed E-state index contributed by atoms with van der Waals surface area (Å²) >= 11 is 0. The van der Waals surface area contributed by atoms with E-state index in [4.69, 9.17) is 0 Å². The van der Waals surface area contributed by atoms with Crippen LogP contribution in [0.25, 0.3) is 11.4 Å². The molecule has 2 fully saturated rings. The lowest BCUT2D eigenvalue weighted by Crippen LogP contribution is -2.44. The molecule has 3 N–H and O–H groups in total. The number of nitrogens with one attached hydrogen (secondary N) is 3. The SMILES string of the molecule is O=C(Nc1ccc(-c2nn[nH]n2)cc1)[C@@]12CCCC[C@H]1CNC2. The molecule has 1 aromatic carbocycles. The Morgan fingerprint density at radius 1 is 1.26 bits per heavy atom. The second-order valence-corrected chi connectivity index (χ2v) is 6.50. The van der Waals surface area contributed by atoms with Crippen molar-refractivity contribution in [3.05, 3.63) is 24.3 Å². The Labute approximate surface area is 134 Å². The van der Waals surface area contributed by atoms with Crippen molar-refractivity contribution >= 4 is 11.6 Å². The number of carbonyl (C=O) groups is 1. The summed E-state index contributed by atoms with van der Waals surface area (Å²) in [6.07, 6.45) is 4.51. The van der Waals surface area contributed by atoms with Gasteiger partial charge in [0.2, 0.25) is 11.7 Å². The number of anilines is 1. The Kier molecular flexibility index (Phi) is 3.57. The predicted molar refractivity (Wildman–Crippen MR) is 85.5 cm³/mol. The predicted octanol–water partition coefficient (Wildman–Crippen LogP) is 1.58. The normalized spacial score (nSPS) is 26.7. The molecular weight excluding hydrogens is 292 g/mol. The molecule has 1 amide bonds. The van der Waals surface area contributed by atoms with Gasteiger partial charge in [-0.05, 0) is 54.8 Å². The Hall–Kier alpha value is -2.28. The average Bonchev–Trinajstić information content (AvgIpc) is 3.25. The maximum Gasteiger partial charge on any atom is 0.232 e. The van der Waals surface area contributed by atoms with Gasteiger partial charge in [0.05, 0.1) is 5.41 Å². The third-order valence-corrected chi connectivity index (χ3v) is 5.24. The van der Waals surface area contributed by atoms with E-state index in [9.17, 15) is 4.79 Å². The topological polar surface area (TPSA) is 95.6 Å². The van der Waals surface area contributed by atoms with Gasteiger partial charge in [-0.15, -0.1) is 10.2 Å². The van der Waals surface area contributed by atoms with Crippen LogP contribution in [0.15, 0.2) is 24.3 Å². The number of rotatable bonds is 3. The number of hydrogen-bond acceptors (Lipinski definition) is 5. The van der Waals surface area contributed by atoms with Gasteiger partial charge in [0, 0.05) is 17.8 Å². The van der Waals surface area contributed by atoms with Gasteiger partial charge in [-0.25, -0.2) is 0 Å². The average molecular weight is 312 g/mol. The van der Waals surface area contributed by atoms with E-state index in [-0.39, 0.29) is 11.3 Å². The largest absolute Gasteiger partial charge is 0.326 e. The maximum atomic E-state index is 12.9. The van der Waals surface area contributed by atoms with E-state index >= 15 is 0 Å². The fraction of sp³-hybridized carbons (Fsp3) is 0.500. The number of benzene rings is 1. The van der Waals surface area contributed by atoms with Crippen LogP contribution in [-0.2, 0) is 4.79 Å². The fourth-order valence-corrected chi connectivity index (χ4v) is 3.93. The highest BCUT2D eigenvalue weighted by molar-refractivity contribution is 5.96. The van der Waals surface area contributed by atoms with Crippen LogP contribution in [0.2, 0.25) is 0 Å². The summed E-state index contributed by atoms with van der Waals surface area (Å²) < 4.78 is 0. The highest BCUT2D eigenvalue weighted by atomic mass is 16.2. The third kappa shape index (κ3) is 2.50. The Bertz CT molecular complexity index is 683. The molecule has 0 spiro atoms. The molecule has 0 radical (unpaired) electrons. The van der Waals surface area contributed by atoms with E-state index in [2.05, 4.69) is 31.3 Å². The smallest absolute Gasteiger partial charge is 0.232 e. The standard InChI is InChI=1S/C16H20N6O/c23-15(16-8-2-1-3-12(16)9-17-10-16)18-13-6-4-11(5-7-13)14-19-21-22-20-14/h4-7,12,17H,1-3,8-10H2,(H,18,23)(H,19,20,21,22)/t12-,16+/m0/s1. The van der Waals surface area contributed by atoms with Crippen LogP contribution >= 0.6 is 0 Å². The first-order valence-electron chi connectivity index (χ1n) is 8.14. The van der Waals surface area contributed by atoms with Gasteiger partial charge in [0.1, 0.15) is 0 Å². The number of nitrogens with zero attached hydrogens (tertiary/aromatic N) is 3. The van der Waals surface area contributed by atoms with Gasteiger partial charge < -0.3 is 10.6 Å². The van der Waals surface area contributed by atoms with Crippen molar-refractivity contribution in [1.82, 2.24) is 25.9 Å². The van der Waals surface area contributed by atoms with E-state index in [1.165, 1.54) is 6.42 Å². The Morgan fingerprint density at radius 3 is 2.91 bits per heavy atom. The number of amides is 1. The number of carbonyl (C=O) groups excluding carboxylic acids is 1. The van der Waals surface area contributed by atoms with Gasteiger partial charge in [0.25, 0.3) is 0 Å². The summed E-state index contributed by atoms with van der Waals surface area (Å²) in [5, 5.41) is 20.4. The van der Waals surface area contributed by atoms with E-state index in [1.807, 2.05) is 24.3 Å². The Balaban J connectivity index is 1.50. The summed E-state index contributed by atoms with van der Waals surface area (Å²) in [6, 6.07) is 7.56. The van der Waals surface area contributed by atoms with Crippen molar-refractivity contribution in [2.75, 3.05) is 18.4 Å². The molecule has 120 valence electrons. The minimum absolute atomic E-state index is 0.152. The number of hydrogen-bond donors (Lipinski definition) is 3. The van der Waals surface area contributed by atoms with Crippen molar-refractivity contribution < 1.29 is 4.79 Å². The van der Waals surface area contributed by atoms with Gasteiger partial charge in [0.15, 0.2) is 0 Å². The van der Waals surface area contributed by atoms with Crippen LogP contribution in [0, 0.1) is 11.3 Å². The quantitative estimate of drug-likeness (QED) is 0.800. The maximum absolute atomic E-state index is 12.9. The first kappa shape index (κ1) is 14.3. The number of H-pyrrole nitrogens is 1. The molecular formula is C16H20N6O. The zero-order valence-electron chi connectivity index (χ0n) is 12.9. The van der Waals surface area contributed by atoms with Crippen LogP contribution in [0.4, 0.5) is 5.69 Å². The summed E-state index contributed by atoms with van der Waals surface area (Å²) in [4.78, 5) is 12.9. The molecule has 23 heavy (non-hydrogen) atoms. The van der Waals surface area contributed by atoms with Gasteiger partial charge in [-0.2, -0.15) is 5.21 Å². The molecule has 7 heteroatoms. The second kappa shape index (κ2) is 5.73. The summed E-state index contributed by atoms with van der Waals surface area (Å²) in [5.74, 6) is 1.17. The van der Waals surface area contributed by atoms with E-state index < -0.39 is 0 Å². The number of aromatic nitrogens is 4. The molecule has 1 aliphatic heterocycles. The molecule has 2 atom stereocenters. The summed E-state index contributed by atoms with van der Waals surface area (Å²) in [5.41, 5.74) is 1.45. The van der Waals surface area contributed by atoms with Crippen molar-refractivity contribution in [3.63, 3.8) is 0 Å². The first-order valence-corrected chi connectivity index (χ1v) is 8.14. The molecule has 2 aliphatic rings. The minimum atomic E-state index is -0.232. The molecule has 4 rings (SSSR count). The third-order valence-electron chi connectivity index (χ3n) is 5.24. The molecule has 2 heterocycles. The molecule has 0 bridgehead atoms. The van der Waals surface area contributed by atoms with Crippen molar-refractivity contribution in [1.29, 1.82) is 0 Å². The lowest BCUT2D eigenvalue weighted by Gasteiger charge is -2.37. The lowest BCUT2D eigenvalue weighted by molar-refractivity contribution is -0.128. The minimum Gasteiger partial charge on any atom is -0.326 e. The molecule has 1 aromatic heterocycles. The summed E-state index contributed by atoms with van der Waals surface area (Å²) in [7, 11) is 0. The van der Waals surface area contributed by atoms with Gasteiger partial charge >= 0.3 is 0 Å². The molecule has 7 nitrogen and oxygen atoms in total. The molecule has 1 aliphatic carbocycles. The van der Waals surface area contributed by atoms with Crippen molar-refractivity contribution in [3.8, 4) is 11.4 Å². The zero-order chi connectivity index (χ0) is 15.7. The monoisotopic (exact) mass is 312 g/mol. The molecule has 1 saturated carbocycles. The lowest BCUT2D eigenvalue weighted by atomic mass is 9.67.